The zero-order chi connectivity index (χ0) is 12.0. The molecule has 0 bridgehead atoms. The zero-order valence-corrected chi connectivity index (χ0v) is 10.5. The predicted octanol–water partition coefficient (Wildman–Crippen LogP) is 1.70. The molecule has 3 N–H and O–H groups in total. The van der Waals surface area contributed by atoms with Gasteiger partial charge < -0.3 is 16.0 Å². The summed E-state index contributed by atoms with van der Waals surface area (Å²) in [7, 11) is 0. The maximum absolute atomic E-state index is 11.9. The molecule has 0 spiro atoms. The van der Waals surface area contributed by atoms with Gasteiger partial charge >= 0.3 is 6.03 Å². The van der Waals surface area contributed by atoms with Gasteiger partial charge in [0.1, 0.15) is 0 Å². The molecule has 1 aliphatic carbocycles. The summed E-state index contributed by atoms with van der Waals surface area (Å²) < 4.78 is 0. The summed E-state index contributed by atoms with van der Waals surface area (Å²) in [6.07, 6.45) is 5.17. The Morgan fingerprint density at radius 1 is 1.31 bits per heavy atom. The lowest BCUT2D eigenvalue weighted by Crippen LogP contribution is -2.48. The molecule has 0 saturated heterocycles. The second kappa shape index (κ2) is 6.74. The Kier molecular flexibility index (Phi) is 5.60. The van der Waals surface area contributed by atoms with Crippen molar-refractivity contribution in [1.82, 2.24) is 10.2 Å². The van der Waals surface area contributed by atoms with Gasteiger partial charge in [-0.3, -0.25) is 0 Å². The van der Waals surface area contributed by atoms with E-state index in [2.05, 4.69) is 12.2 Å². The van der Waals surface area contributed by atoms with E-state index in [0.29, 0.717) is 12.1 Å². The fourth-order valence-electron chi connectivity index (χ4n) is 2.31. The van der Waals surface area contributed by atoms with Gasteiger partial charge in [-0.1, -0.05) is 6.92 Å². The summed E-state index contributed by atoms with van der Waals surface area (Å²) in [5, 5.41) is 2.95. The van der Waals surface area contributed by atoms with Crippen molar-refractivity contribution < 1.29 is 4.79 Å². The molecule has 16 heavy (non-hydrogen) atoms. The summed E-state index contributed by atoms with van der Waals surface area (Å²) in [6, 6.07) is 0.820. The molecule has 0 aromatic carbocycles. The average Bonchev–Trinajstić information content (AvgIpc) is 2.30. The summed E-state index contributed by atoms with van der Waals surface area (Å²) >= 11 is 0. The van der Waals surface area contributed by atoms with Crippen LogP contribution in [0.1, 0.15) is 46.0 Å². The Labute approximate surface area is 98.6 Å². The Balaban J connectivity index is 2.43. The zero-order valence-electron chi connectivity index (χ0n) is 10.5. The molecular formula is C12H25N3O. The molecule has 1 saturated carbocycles. The highest BCUT2D eigenvalue weighted by Gasteiger charge is 2.26. The number of rotatable bonds is 4. The van der Waals surface area contributed by atoms with Crippen molar-refractivity contribution in [3.8, 4) is 0 Å². The lowest BCUT2D eigenvalue weighted by Gasteiger charge is -2.35. The first-order chi connectivity index (χ1) is 7.69. The van der Waals surface area contributed by atoms with E-state index in [9.17, 15) is 4.79 Å². The van der Waals surface area contributed by atoms with E-state index in [1.807, 2.05) is 11.8 Å². The Bertz CT molecular complexity index is 212. The molecule has 0 atom stereocenters. The molecule has 4 nitrogen and oxygen atoms in total. The summed E-state index contributed by atoms with van der Waals surface area (Å²) in [5.41, 5.74) is 5.88. The molecule has 1 aliphatic rings. The first-order valence-electron chi connectivity index (χ1n) is 6.49. The molecule has 0 aromatic rings. The van der Waals surface area contributed by atoms with E-state index in [4.69, 9.17) is 5.73 Å². The van der Waals surface area contributed by atoms with Crippen molar-refractivity contribution >= 4 is 6.03 Å². The van der Waals surface area contributed by atoms with Crippen LogP contribution in [0, 0.1) is 0 Å². The molecule has 94 valence electrons. The molecule has 4 heteroatoms. The van der Waals surface area contributed by atoms with Gasteiger partial charge in [0.25, 0.3) is 0 Å². The second-order valence-electron chi connectivity index (χ2n) is 4.59. The second-order valence-corrected chi connectivity index (χ2v) is 4.59. The molecule has 0 aliphatic heterocycles. The van der Waals surface area contributed by atoms with E-state index in [1.54, 1.807) is 0 Å². The Hall–Kier alpha value is -0.770. The maximum Gasteiger partial charge on any atom is 0.317 e. The Morgan fingerprint density at radius 2 is 1.94 bits per heavy atom. The van der Waals surface area contributed by atoms with Crippen LogP contribution in [0.4, 0.5) is 4.79 Å². The van der Waals surface area contributed by atoms with Crippen LogP contribution in [0.3, 0.4) is 0 Å². The van der Waals surface area contributed by atoms with Gasteiger partial charge in [0, 0.05) is 25.2 Å². The first kappa shape index (κ1) is 13.3. The summed E-state index contributed by atoms with van der Waals surface area (Å²) in [4.78, 5) is 13.9. The third-order valence-electron chi connectivity index (χ3n) is 3.31. The van der Waals surface area contributed by atoms with E-state index < -0.39 is 0 Å². The number of carbonyl (C=O) groups excluding carboxylic acids is 1. The van der Waals surface area contributed by atoms with E-state index in [0.717, 1.165) is 45.2 Å². The van der Waals surface area contributed by atoms with Gasteiger partial charge in [-0.25, -0.2) is 4.79 Å². The number of hydrogen-bond donors (Lipinski definition) is 2. The van der Waals surface area contributed by atoms with E-state index >= 15 is 0 Å². The minimum Gasteiger partial charge on any atom is -0.338 e. The normalized spacial score (nSPS) is 25.2. The molecule has 0 unspecified atom stereocenters. The van der Waals surface area contributed by atoms with Crippen LogP contribution in [-0.4, -0.2) is 36.1 Å². The summed E-state index contributed by atoms with van der Waals surface area (Å²) in [5.74, 6) is 0. The molecule has 0 heterocycles. The highest BCUT2D eigenvalue weighted by atomic mass is 16.2. The highest BCUT2D eigenvalue weighted by molar-refractivity contribution is 5.74. The fraction of sp³-hybridized carbons (Fsp3) is 0.917. The monoisotopic (exact) mass is 227 g/mol. The molecule has 1 rings (SSSR count). The topological polar surface area (TPSA) is 58.4 Å². The maximum atomic E-state index is 11.9. The van der Waals surface area contributed by atoms with Crippen molar-refractivity contribution in [1.29, 1.82) is 0 Å². The third kappa shape index (κ3) is 3.67. The molecular weight excluding hydrogens is 202 g/mol. The SMILES string of the molecule is CCCNC(=O)N(CC)C1CCC(N)CC1. The minimum absolute atomic E-state index is 0.0878. The standard InChI is InChI=1S/C12H25N3O/c1-3-9-14-12(16)15(4-2)11-7-5-10(13)6-8-11/h10-11H,3-9,13H2,1-2H3,(H,14,16). The molecule has 1 fully saturated rings. The quantitative estimate of drug-likeness (QED) is 0.768. The molecule has 0 radical (unpaired) electrons. The van der Waals surface area contributed by atoms with Crippen LogP contribution in [0.2, 0.25) is 0 Å². The van der Waals surface area contributed by atoms with Crippen molar-refractivity contribution in [2.45, 2.75) is 58.0 Å². The first-order valence-corrected chi connectivity index (χ1v) is 6.49. The van der Waals surface area contributed by atoms with Gasteiger partial charge in [-0.2, -0.15) is 0 Å². The van der Waals surface area contributed by atoms with Crippen molar-refractivity contribution in [3.63, 3.8) is 0 Å². The third-order valence-corrected chi connectivity index (χ3v) is 3.31. The fourth-order valence-corrected chi connectivity index (χ4v) is 2.31. The number of hydrogen-bond acceptors (Lipinski definition) is 2. The van der Waals surface area contributed by atoms with Gasteiger partial charge in [0.2, 0.25) is 0 Å². The van der Waals surface area contributed by atoms with Gasteiger partial charge in [-0.15, -0.1) is 0 Å². The van der Waals surface area contributed by atoms with Crippen LogP contribution in [0.25, 0.3) is 0 Å². The number of carbonyl (C=O) groups is 1. The minimum atomic E-state index is 0.0878. The largest absolute Gasteiger partial charge is 0.338 e. The highest BCUT2D eigenvalue weighted by Crippen LogP contribution is 2.21. The van der Waals surface area contributed by atoms with Crippen LogP contribution >= 0.6 is 0 Å². The Morgan fingerprint density at radius 3 is 2.44 bits per heavy atom. The van der Waals surface area contributed by atoms with Gasteiger partial charge in [0.15, 0.2) is 0 Å². The number of amides is 2. The number of nitrogens with one attached hydrogen (secondary N) is 1. The molecule has 2 amide bonds. The van der Waals surface area contributed by atoms with Crippen LogP contribution < -0.4 is 11.1 Å². The van der Waals surface area contributed by atoms with Crippen LogP contribution in [0.15, 0.2) is 0 Å². The lowest BCUT2D eigenvalue weighted by atomic mass is 9.91. The van der Waals surface area contributed by atoms with Crippen LogP contribution in [-0.2, 0) is 0 Å². The number of nitrogens with zero attached hydrogens (tertiary/aromatic N) is 1. The van der Waals surface area contributed by atoms with E-state index in [-0.39, 0.29) is 6.03 Å². The molecule has 0 aromatic heterocycles. The van der Waals surface area contributed by atoms with Crippen molar-refractivity contribution in [2.24, 2.45) is 5.73 Å². The average molecular weight is 227 g/mol. The number of nitrogens with two attached hydrogens (primary N) is 1. The van der Waals surface area contributed by atoms with Gasteiger partial charge in [-0.05, 0) is 39.0 Å². The number of urea groups is 1. The predicted molar refractivity (Wildman–Crippen MR) is 66.3 cm³/mol. The smallest absolute Gasteiger partial charge is 0.317 e. The van der Waals surface area contributed by atoms with Gasteiger partial charge in [0.05, 0.1) is 0 Å². The van der Waals surface area contributed by atoms with Crippen molar-refractivity contribution in [2.75, 3.05) is 13.1 Å². The van der Waals surface area contributed by atoms with Crippen LogP contribution in [0.5, 0.6) is 0 Å². The lowest BCUT2D eigenvalue weighted by molar-refractivity contribution is 0.156. The van der Waals surface area contributed by atoms with Crippen molar-refractivity contribution in [3.05, 3.63) is 0 Å². The summed E-state index contributed by atoms with van der Waals surface area (Å²) in [6.45, 7) is 5.66. The van der Waals surface area contributed by atoms with E-state index in [1.165, 1.54) is 0 Å².